The molecule has 0 unspecified atom stereocenters. The fourth-order valence-corrected chi connectivity index (χ4v) is 2.12. The SMILES string of the molecule is CC(C)(C)c1cc(OCC(=O)O)c(OCC(=O)O)c(C(C)(C)C)c1. The van der Waals surface area contributed by atoms with Gasteiger partial charge in [0.15, 0.2) is 24.7 Å². The van der Waals surface area contributed by atoms with Crippen molar-refractivity contribution in [3.05, 3.63) is 23.3 Å². The van der Waals surface area contributed by atoms with Crippen LogP contribution in [-0.4, -0.2) is 35.4 Å². The van der Waals surface area contributed by atoms with Gasteiger partial charge in [-0.25, -0.2) is 9.59 Å². The van der Waals surface area contributed by atoms with Gasteiger partial charge >= 0.3 is 11.9 Å². The first kappa shape index (κ1) is 19.8. The van der Waals surface area contributed by atoms with Crippen molar-refractivity contribution in [1.82, 2.24) is 0 Å². The summed E-state index contributed by atoms with van der Waals surface area (Å²) in [5.74, 6) is -1.70. The Hall–Kier alpha value is -2.24. The van der Waals surface area contributed by atoms with Crippen molar-refractivity contribution in [2.45, 2.75) is 52.4 Å². The maximum Gasteiger partial charge on any atom is 0.341 e. The van der Waals surface area contributed by atoms with E-state index in [1.54, 1.807) is 6.07 Å². The van der Waals surface area contributed by atoms with Crippen LogP contribution in [0, 0.1) is 0 Å². The third-order valence-corrected chi connectivity index (χ3v) is 3.42. The van der Waals surface area contributed by atoms with E-state index in [0.717, 1.165) is 11.1 Å². The van der Waals surface area contributed by atoms with Crippen molar-refractivity contribution in [3.8, 4) is 11.5 Å². The molecule has 6 heteroatoms. The highest BCUT2D eigenvalue weighted by Crippen LogP contribution is 2.42. The lowest BCUT2D eigenvalue weighted by Crippen LogP contribution is -2.21. The Kier molecular flexibility index (Phi) is 5.87. The first-order valence-corrected chi connectivity index (χ1v) is 7.70. The van der Waals surface area contributed by atoms with E-state index in [1.165, 1.54) is 0 Å². The summed E-state index contributed by atoms with van der Waals surface area (Å²) >= 11 is 0. The lowest BCUT2D eigenvalue weighted by Gasteiger charge is -2.28. The number of rotatable bonds is 6. The number of hydrogen-bond donors (Lipinski definition) is 2. The Bertz CT molecular complexity index is 620. The van der Waals surface area contributed by atoms with Crippen LogP contribution in [0.15, 0.2) is 12.1 Å². The van der Waals surface area contributed by atoms with E-state index >= 15 is 0 Å². The highest BCUT2D eigenvalue weighted by Gasteiger charge is 2.27. The van der Waals surface area contributed by atoms with Crippen LogP contribution >= 0.6 is 0 Å². The molecule has 0 aliphatic heterocycles. The Morgan fingerprint density at radius 1 is 0.875 bits per heavy atom. The van der Waals surface area contributed by atoms with Gasteiger partial charge in [-0.3, -0.25) is 0 Å². The second-order valence-electron chi connectivity index (χ2n) is 7.72. The predicted octanol–water partition coefficient (Wildman–Crippen LogP) is 3.21. The van der Waals surface area contributed by atoms with Gasteiger partial charge in [-0.2, -0.15) is 0 Å². The topological polar surface area (TPSA) is 93.1 Å². The normalized spacial score (nSPS) is 11.9. The van der Waals surface area contributed by atoms with E-state index in [0.29, 0.717) is 0 Å². The Labute approximate surface area is 142 Å². The zero-order chi connectivity index (χ0) is 18.7. The molecular weight excluding hydrogens is 312 g/mol. The van der Waals surface area contributed by atoms with Gasteiger partial charge in [-0.15, -0.1) is 0 Å². The maximum atomic E-state index is 10.9. The Balaban J connectivity index is 3.52. The van der Waals surface area contributed by atoms with Gasteiger partial charge in [0.05, 0.1) is 0 Å². The van der Waals surface area contributed by atoms with E-state index in [2.05, 4.69) is 0 Å². The molecule has 0 amide bonds. The third kappa shape index (κ3) is 5.44. The molecule has 1 aromatic rings. The lowest BCUT2D eigenvalue weighted by molar-refractivity contribution is -0.140. The van der Waals surface area contributed by atoms with Crippen LogP contribution in [0.5, 0.6) is 11.5 Å². The molecule has 0 aromatic heterocycles. The molecule has 0 aliphatic rings. The molecule has 0 saturated heterocycles. The molecule has 0 saturated carbocycles. The van der Waals surface area contributed by atoms with Gasteiger partial charge in [0.2, 0.25) is 0 Å². The summed E-state index contributed by atoms with van der Waals surface area (Å²) in [5.41, 5.74) is 1.20. The zero-order valence-electron chi connectivity index (χ0n) is 15.1. The van der Waals surface area contributed by atoms with Crippen LogP contribution in [0.2, 0.25) is 0 Å². The monoisotopic (exact) mass is 338 g/mol. The van der Waals surface area contributed by atoms with Crippen LogP contribution in [-0.2, 0) is 20.4 Å². The molecule has 2 N–H and O–H groups in total. The first-order valence-electron chi connectivity index (χ1n) is 7.70. The van der Waals surface area contributed by atoms with Crippen molar-refractivity contribution in [1.29, 1.82) is 0 Å². The van der Waals surface area contributed by atoms with Crippen molar-refractivity contribution >= 4 is 11.9 Å². The van der Waals surface area contributed by atoms with Crippen molar-refractivity contribution < 1.29 is 29.3 Å². The highest BCUT2D eigenvalue weighted by molar-refractivity contribution is 5.70. The molecule has 1 rings (SSSR count). The van der Waals surface area contributed by atoms with Gasteiger partial charge in [0, 0.05) is 5.56 Å². The van der Waals surface area contributed by atoms with Crippen LogP contribution in [0.4, 0.5) is 0 Å². The molecule has 6 nitrogen and oxygen atoms in total. The van der Waals surface area contributed by atoms with E-state index in [-0.39, 0.29) is 22.3 Å². The molecule has 0 radical (unpaired) electrons. The standard InChI is InChI=1S/C18H26O6/c1-17(2,3)11-7-12(18(4,5)6)16(24-10-15(21)22)13(8-11)23-9-14(19)20/h7-8H,9-10H2,1-6H3,(H,19,20)(H,21,22). The Morgan fingerprint density at radius 3 is 1.79 bits per heavy atom. The summed E-state index contributed by atoms with van der Waals surface area (Å²) in [6.07, 6.45) is 0. The molecule has 1 aromatic carbocycles. The van der Waals surface area contributed by atoms with Crippen molar-refractivity contribution in [2.75, 3.05) is 13.2 Å². The summed E-state index contributed by atoms with van der Waals surface area (Å²) in [5, 5.41) is 17.8. The summed E-state index contributed by atoms with van der Waals surface area (Å²) in [7, 11) is 0. The molecule has 134 valence electrons. The number of hydrogen-bond acceptors (Lipinski definition) is 4. The second-order valence-corrected chi connectivity index (χ2v) is 7.72. The smallest absolute Gasteiger partial charge is 0.341 e. The minimum absolute atomic E-state index is 0.188. The molecular formula is C18H26O6. The molecule has 0 atom stereocenters. The third-order valence-electron chi connectivity index (χ3n) is 3.42. The number of aliphatic carboxylic acids is 2. The fourth-order valence-electron chi connectivity index (χ4n) is 2.12. The Morgan fingerprint density at radius 2 is 1.38 bits per heavy atom. The summed E-state index contributed by atoms with van der Waals surface area (Å²) in [6.45, 7) is 11.0. The van der Waals surface area contributed by atoms with Gasteiger partial charge < -0.3 is 19.7 Å². The quantitative estimate of drug-likeness (QED) is 0.827. The number of carboxylic acids is 2. The predicted molar refractivity (Wildman–Crippen MR) is 90.1 cm³/mol. The zero-order valence-corrected chi connectivity index (χ0v) is 15.1. The molecule has 0 fully saturated rings. The second kappa shape index (κ2) is 7.11. The number of carbonyl (C=O) groups is 2. The van der Waals surface area contributed by atoms with Gasteiger partial charge in [0.25, 0.3) is 0 Å². The number of benzene rings is 1. The van der Waals surface area contributed by atoms with Crippen LogP contribution < -0.4 is 9.47 Å². The summed E-state index contributed by atoms with van der Waals surface area (Å²) in [6, 6.07) is 3.68. The maximum absolute atomic E-state index is 10.9. The average Bonchev–Trinajstić information content (AvgIpc) is 2.40. The average molecular weight is 338 g/mol. The molecule has 0 heterocycles. The number of carboxylic acid groups (broad SMARTS) is 2. The highest BCUT2D eigenvalue weighted by atomic mass is 16.5. The van der Waals surface area contributed by atoms with Gasteiger partial charge in [0.1, 0.15) is 0 Å². The van der Waals surface area contributed by atoms with E-state index in [1.807, 2.05) is 47.6 Å². The molecule has 24 heavy (non-hydrogen) atoms. The van der Waals surface area contributed by atoms with Crippen LogP contribution in [0.3, 0.4) is 0 Å². The minimum atomic E-state index is -1.11. The van der Waals surface area contributed by atoms with E-state index in [9.17, 15) is 9.59 Å². The summed E-state index contributed by atoms with van der Waals surface area (Å²) in [4.78, 5) is 21.7. The summed E-state index contributed by atoms with van der Waals surface area (Å²) < 4.78 is 10.8. The van der Waals surface area contributed by atoms with E-state index < -0.39 is 25.2 Å². The van der Waals surface area contributed by atoms with Gasteiger partial charge in [-0.05, 0) is 22.5 Å². The largest absolute Gasteiger partial charge is 0.479 e. The molecule has 0 bridgehead atoms. The van der Waals surface area contributed by atoms with E-state index in [4.69, 9.17) is 19.7 Å². The molecule has 0 aliphatic carbocycles. The van der Waals surface area contributed by atoms with Crippen molar-refractivity contribution in [2.24, 2.45) is 0 Å². The number of ether oxygens (including phenoxy) is 2. The van der Waals surface area contributed by atoms with Crippen molar-refractivity contribution in [3.63, 3.8) is 0 Å². The lowest BCUT2D eigenvalue weighted by atomic mass is 9.80. The van der Waals surface area contributed by atoms with Gasteiger partial charge in [-0.1, -0.05) is 47.6 Å². The fraction of sp³-hybridized carbons (Fsp3) is 0.556. The van der Waals surface area contributed by atoms with Crippen LogP contribution in [0.1, 0.15) is 52.7 Å². The molecule has 0 spiro atoms. The first-order chi connectivity index (χ1) is 10.8. The van der Waals surface area contributed by atoms with Crippen LogP contribution in [0.25, 0.3) is 0 Å². The minimum Gasteiger partial charge on any atom is -0.479 e.